The normalized spacial score (nSPS) is 23.6. The van der Waals surface area contributed by atoms with Gasteiger partial charge >= 0.3 is 0 Å². The SMILES string of the molecule is c1ccc(C2CN=C(NCCN3CCSCC3)S2)cc1. The zero-order valence-electron chi connectivity index (χ0n) is 11.6. The maximum Gasteiger partial charge on any atom is 0.157 e. The third kappa shape index (κ3) is 3.93. The van der Waals surface area contributed by atoms with Gasteiger partial charge in [-0.1, -0.05) is 42.1 Å². The second-order valence-electron chi connectivity index (χ2n) is 5.04. The largest absolute Gasteiger partial charge is 0.364 e. The summed E-state index contributed by atoms with van der Waals surface area (Å²) in [5, 5.41) is 5.10. The third-order valence-electron chi connectivity index (χ3n) is 3.63. The second kappa shape index (κ2) is 7.38. The van der Waals surface area contributed by atoms with E-state index in [1.165, 1.54) is 30.2 Å². The van der Waals surface area contributed by atoms with Gasteiger partial charge in [0.15, 0.2) is 5.17 Å². The Morgan fingerprint density at radius 1 is 1.20 bits per heavy atom. The number of nitrogens with zero attached hydrogens (tertiary/aromatic N) is 2. The van der Waals surface area contributed by atoms with Gasteiger partial charge in [-0.25, -0.2) is 0 Å². The zero-order valence-corrected chi connectivity index (χ0v) is 13.3. The van der Waals surface area contributed by atoms with Gasteiger partial charge in [0.25, 0.3) is 0 Å². The summed E-state index contributed by atoms with van der Waals surface area (Å²) in [6, 6.07) is 10.7. The van der Waals surface area contributed by atoms with E-state index in [2.05, 4.69) is 57.3 Å². The molecule has 0 aliphatic carbocycles. The van der Waals surface area contributed by atoms with E-state index in [1.54, 1.807) is 0 Å². The van der Waals surface area contributed by atoms with E-state index < -0.39 is 0 Å². The summed E-state index contributed by atoms with van der Waals surface area (Å²) in [6.45, 7) is 5.52. The first-order chi connectivity index (χ1) is 9.92. The lowest BCUT2D eigenvalue weighted by molar-refractivity contribution is 0.307. The topological polar surface area (TPSA) is 27.6 Å². The van der Waals surface area contributed by atoms with Crippen LogP contribution in [0.25, 0.3) is 0 Å². The van der Waals surface area contributed by atoms with Crippen LogP contribution in [0, 0.1) is 0 Å². The van der Waals surface area contributed by atoms with E-state index in [4.69, 9.17) is 0 Å². The van der Waals surface area contributed by atoms with Crippen LogP contribution < -0.4 is 5.32 Å². The number of hydrogen-bond donors (Lipinski definition) is 1. The van der Waals surface area contributed by atoms with Crippen molar-refractivity contribution in [2.24, 2.45) is 4.99 Å². The van der Waals surface area contributed by atoms with Gasteiger partial charge in [0.05, 0.1) is 11.8 Å². The molecule has 3 rings (SSSR count). The van der Waals surface area contributed by atoms with E-state index >= 15 is 0 Å². The van der Waals surface area contributed by atoms with Crippen LogP contribution >= 0.6 is 23.5 Å². The van der Waals surface area contributed by atoms with Crippen molar-refractivity contribution >= 4 is 28.7 Å². The summed E-state index contributed by atoms with van der Waals surface area (Å²) in [5.41, 5.74) is 1.38. The Morgan fingerprint density at radius 3 is 2.80 bits per heavy atom. The minimum Gasteiger partial charge on any atom is -0.364 e. The summed E-state index contributed by atoms with van der Waals surface area (Å²) in [6.07, 6.45) is 0. The average Bonchev–Trinajstić information content (AvgIpc) is 2.98. The van der Waals surface area contributed by atoms with Gasteiger partial charge in [-0.2, -0.15) is 11.8 Å². The Balaban J connectivity index is 1.39. The standard InChI is InChI=1S/C15H21N3S2/c1-2-4-13(5-3-1)14-12-17-15(20-14)16-6-7-18-8-10-19-11-9-18/h1-5,14H,6-12H2,(H,16,17). The zero-order chi connectivity index (χ0) is 13.6. The van der Waals surface area contributed by atoms with Gasteiger partial charge in [0.1, 0.15) is 0 Å². The van der Waals surface area contributed by atoms with Crippen LogP contribution in [0.3, 0.4) is 0 Å². The minimum atomic E-state index is 0.491. The Labute approximate surface area is 129 Å². The molecule has 0 bridgehead atoms. The van der Waals surface area contributed by atoms with E-state index in [9.17, 15) is 0 Å². The molecule has 1 unspecified atom stereocenters. The molecule has 108 valence electrons. The molecule has 0 amide bonds. The maximum absolute atomic E-state index is 4.62. The first-order valence-corrected chi connectivity index (χ1v) is 9.25. The Hall–Kier alpha value is -0.650. The molecule has 0 saturated carbocycles. The van der Waals surface area contributed by atoms with Crippen molar-refractivity contribution in [3.63, 3.8) is 0 Å². The number of amidine groups is 1. The first kappa shape index (κ1) is 14.3. The van der Waals surface area contributed by atoms with Gasteiger partial charge in [0.2, 0.25) is 0 Å². The molecule has 20 heavy (non-hydrogen) atoms. The molecule has 1 atom stereocenters. The number of thioether (sulfide) groups is 2. The van der Waals surface area contributed by atoms with Crippen LogP contribution in [-0.4, -0.2) is 54.3 Å². The number of aliphatic imine (C=N–C) groups is 1. The Morgan fingerprint density at radius 2 is 2.00 bits per heavy atom. The van der Waals surface area contributed by atoms with Crippen molar-refractivity contribution in [3.05, 3.63) is 35.9 Å². The number of nitrogens with one attached hydrogen (secondary N) is 1. The van der Waals surface area contributed by atoms with Gasteiger partial charge in [-0.15, -0.1) is 0 Å². The smallest absolute Gasteiger partial charge is 0.157 e. The molecule has 2 aliphatic heterocycles. The summed E-state index contributed by atoms with van der Waals surface area (Å²) in [7, 11) is 0. The van der Waals surface area contributed by atoms with E-state index in [0.717, 1.165) is 24.8 Å². The molecular formula is C15H21N3S2. The highest BCUT2D eigenvalue weighted by Gasteiger charge is 2.21. The fraction of sp³-hybridized carbons (Fsp3) is 0.533. The molecule has 1 aromatic carbocycles. The molecule has 1 fully saturated rings. The number of benzene rings is 1. The average molecular weight is 307 g/mol. The lowest BCUT2D eigenvalue weighted by Gasteiger charge is -2.26. The van der Waals surface area contributed by atoms with E-state index in [0.29, 0.717) is 5.25 Å². The molecule has 2 heterocycles. The second-order valence-corrected chi connectivity index (χ2v) is 7.46. The van der Waals surface area contributed by atoms with Crippen LogP contribution in [0.5, 0.6) is 0 Å². The van der Waals surface area contributed by atoms with Gasteiger partial charge in [-0.05, 0) is 5.56 Å². The maximum atomic E-state index is 4.62. The highest BCUT2D eigenvalue weighted by molar-refractivity contribution is 8.14. The van der Waals surface area contributed by atoms with Crippen molar-refractivity contribution in [3.8, 4) is 0 Å². The van der Waals surface area contributed by atoms with Crippen LogP contribution in [0.15, 0.2) is 35.3 Å². The highest BCUT2D eigenvalue weighted by atomic mass is 32.2. The van der Waals surface area contributed by atoms with Gasteiger partial charge in [0, 0.05) is 37.7 Å². The van der Waals surface area contributed by atoms with Gasteiger partial charge in [-0.3, -0.25) is 9.89 Å². The Kier molecular flexibility index (Phi) is 5.28. The predicted octanol–water partition coefficient (Wildman–Crippen LogP) is 2.47. The molecule has 2 aliphatic rings. The van der Waals surface area contributed by atoms with Crippen molar-refractivity contribution in [2.45, 2.75) is 5.25 Å². The quantitative estimate of drug-likeness (QED) is 0.925. The van der Waals surface area contributed by atoms with Crippen molar-refractivity contribution in [1.29, 1.82) is 0 Å². The van der Waals surface area contributed by atoms with E-state index in [-0.39, 0.29) is 0 Å². The van der Waals surface area contributed by atoms with Gasteiger partial charge < -0.3 is 5.32 Å². The fourth-order valence-corrected chi connectivity index (χ4v) is 4.48. The molecule has 3 nitrogen and oxygen atoms in total. The van der Waals surface area contributed by atoms with Crippen molar-refractivity contribution in [1.82, 2.24) is 10.2 Å². The molecule has 1 aromatic rings. The predicted molar refractivity (Wildman–Crippen MR) is 90.8 cm³/mol. The monoisotopic (exact) mass is 307 g/mol. The molecule has 0 spiro atoms. The van der Waals surface area contributed by atoms with Crippen LogP contribution in [0.2, 0.25) is 0 Å². The van der Waals surface area contributed by atoms with Crippen LogP contribution in [0.1, 0.15) is 10.8 Å². The lowest BCUT2D eigenvalue weighted by Crippen LogP contribution is -2.38. The van der Waals surface area contributed by atoms with E-state index in [1.807, 2.05) is 11.8 Å². The van der Waals surface area contributed by atoms with Crippen molar-refractivity contribution in [2.75, 3.05) is 44.2 Å². The molecule has 1 saturated heterocycles. The molecule has 5 heteroatoms. The summed E-state index contributed by atoms with van der Waals surface area (Å²) < 4.78 is 0. The number of hydrogen-bond acceptors (Lipinski definition) is 5. The molecule has 1 N–H and O–H groups in total. The summed E-state index contributed by atoms with van der Waals surface area (Å²) in [4.78, 5) is 7.16. The lowest BCUT2D eigenvalue weighted by atomic mass is 10.1. The molecule has 0 aromatic heterocycles. The fourth-order valence-electron chi connectivity index (χ4n) is 2.46. The molecule has 0 radical (unpaired) electrons. The summed E-state index contributed by atoms with van der Waals surface area (Å²) in [5.74, 6) is 2.57. The summed E-state index contributed by atoms with van der Waals surface area (Å²) >= 11 is 3.93. The van der Waals surface area contributed by atoms with Crippen LogP contribution in [-0.2, 0) is 0 Å². The highest BCUT2D eigenvalue weighted by Crippen LogP contribution is 2.33. The third-order valence-corrected chi connectivity index (χ3v) is 5.78. The minimum absolute atomic E-state index is 0.491. The number of rotatable bonds is 4. The van der Waals surface area contributed by atoms with Crippen molar-refractivity contribution < 1.29 is 0 Å². The van der Waals surface area contributed by atoms with Crippen LogP contribution in [0.4, 0.5) is 0 Å². The molecular weight excluding hydrogens is 286 g/mol. The Bertz CT molecular complexity index is 444. The first-order valence-electron chi connectivity index (χ1n) is 7.22.